The number of halogens is 2. The lowest BCUT2D eigenvalue weighted by atomic mass is 10.1. The molecule has 0 aliphatic heterocycles. The third-order valence-corrected chi connectivity index (χ3v) is 4.99. The molecule has 0 spiro atoms. The minimum Gasteiger partial charge on any atom is -0.426 e. The fourth-order valence-electron chi connectivity index (χ4n) is 1.89. The second kappa shape index (κ2) is 6.54. The molecule has 2 aromatic rings. The molecule has 0 aliphatic carbocycles. The summed E-state index contributed by atoms with van der Waals surface area (Å²) < 4.78 is 10.5. The summed E-state index contributed by atoms with van der Waals surface area (Å²) in [6.45, 7) is 1.34. The molecule has 0 saturated heterocycles. The van der Waals surface area contributed by atoms with Gasteiger partial charge in [0.2, 0.25) is 0 Å². The van der Waals surface area contributed by atoms with E-state index >= 15 is 0 Å². The average Bonchev–Trinajstić information content (AvgIpc) is 2.40. The Hall–Kier alpha value is -1.14. The molecule has 0 aliphatic rings. The third-order valence-electron chi connectivity index (χ3n) is 2.70. The molecule has 1 aromatic carbocycles. The monoisotopic (exact) mass is 402 g/mol. The molecule has 106 valence electrons. The molecular formula is C14H12Br2O4. The van der Waals surface area contributed by atoms with Gasteiger partial charge in [-0.05, 0) is 24.6 Å². The Kier molecular flexibility index (Phi) is 4.99. The molecule has 1 aromatic heterocycles. The van der Waals surface area contributed by atoms with Gasteiger partial charge in [0.1, 0.15) is 11.3 Å². The summed E-state index contributed by atoms with van der Waals surface area (Å²) in [4.78, 5) is 22.7. The number of benzene rings is 1. The Balaban J connectivity index is 2.62. The van der Waals surface area contributed by atoms with Crippen molar-refractivity contribution in [3.8, 4) is 5.75 Å². The van der Waals surface area contributed by atoms with E-state index < -0.39 is 11.6 Å². The van der Waals surface area contributed by atoms with E-state index in [0.29, 0.717) is 23.3 Å². The van der Waals surface area contributed by atoms with E-state index in [1.165, 1.54) is 13.0 Å². The topological polar surface area (TPSA) is 56.5 Å². The van der Waals surface area contributed by atoms with Gasteiger partial charge in [-0.2, -0.15) is 0 Å². The van der Waals surface area contributed by atoms with Crippen LogP contribution in [0.1, 0.15) is 12.5 Å². The Bertz CT molecular complexity index is 693. The lowest BCUT2D eigenvalue weighted by Gasteiger charge is -2.13. The summed E-state index contributed by atoms with van der Waals surface area (Å²) in [6.07, 6.45) is 0.568. The quantitative estimate of drug-likeness (QED) is 0.339. The summed E-state index contributed by atoms with van der Waals surface area (Å²) in [6, 6.07) is 6.54. The summed E-state index contributed by atoms with van der Waals surface area (Å²) in [7, 11) is 0. The van der Waals surface area contributed by atoms with Gasteiger partial charge in [0.25, 0.3) is 0 Å². The summed E-state index contributed by atoms with van der Waals surface area (Å²) in [5, 5.41) is 1.52. The molecule has 0 N–H and O–H groups in total. The smallest absolute Gasteiger partial charge is 0.336 e. The molecule has 20 heavy (non-hydrogen) atoms. The lowest BCUT2D eigenvalue weighted by Crippen LogP contribution is -2.10. The Morgan fingerprint density at radius 2 is 2.05 bits per heavy atom. The average molecular weight is 404 g/mol. The zero-order valence-electron chi connectivity index (χ0n) is 10.7. The second-order valence-corrected chi connectivity index (χ2v) is 6.21. The normalized spacial score (nSPS) is 12.3. The van der Waals surface area contributed by atoms with Gasteiger partial charge in [-0.3, -0.25) is 4.79 Å². The highest BCUT2D eigenvalue weighted by molar-refractivity contribution is 9.12. The fraction of sp³-hybridized carbons (Fsp3) is 0.286. The molecular weight excluding hydrogens is 392 g/mol. The van der Waals surface area contributed by atoms with Crippen LogP contribution in [0, 0.1) is 0 Å². The maximum atomic E-state index is 11.4. The van der Waals surface area contributed by atoms with Crippen molar-refractivity contribution >= 4 is 48.8 Å². The molecule has 0 bridgehead atoms. The summed E-state index contributed by atoms with van der Waals surface area (Å²) >= 11 is 6.89. The van der Waals surface area contributed by atoms with Crippen LogP contribution in [0.2, 0.25) is 0 Å². The first kappa shape index (κ1) is 15.3. The van der Waals surface area contributed by atoms with Crippen molar-refractivity contribution in [3.05, 3.63) is 40.2 Å². The van der Waals surface area contributed by atoms with Crippen molar-refractivity contribution in [1.29, 1.82) is 0 Å². The van der Waals surface area contributed by atoms with E-state index in [1.54, 1.807) is 18.2 Å². The van der Waals surface area contributed by atoms with Crippen LogP contribution in [-0.2, 0) is 11.2 Å². The van der Waals surface area contributed by atoms with Gasteiger partial charge in [-0.15, -0.1) is 0 Å². The number of carbonyl (C=O) groups is 1. The van der Waals surface area contributed by atoms with Crippen LogP contribution in [0.15, 0.2) is 33.5 Å². The first-order chi connectivity index (χ1) is 9.51. The molecule has 6 heteroatoms. The number of hydrogen-bond donors (Lipinski definition) is 0. The van der Waals surface area contributed by atoms with E-state index in [9.17, 15) is 9.59 Å². The third kappa shape index (κ3) is 3.49. The Labute approximate surface area is 132 Å². The van der Waals surface area contributed by atoms with Crippen molar-refractivity contribution < 1.29 is 13.9 Å². The Morgan fingerprint density at radius 3 is 2.70 bits per heavy atom. The molecule has 2 rings (SSSR count). The Morgan fingerprint density at radius 1 is 1.35 bits per heavy atom. The van der Waals surface area contributed by atoms with E-state index in [-0.39, 0.29) is 4.83 Å². The molecule has 4 nitrogen and oxygen atoms in total. The maximum Gasteiger partial charge on any atom is 0.336 e. The first-order valence-corrected chi connectivity index (χ1v) is 7.99. The van der Waals surface area contributed by atoms with Crippen LogP contribution in [0.5, 0.6) is 5.75 Å². The number of esters is 1. The van der Waals surface area contributed by atoms with Crippen molar-refractivity contribution in [2.24, 2.45) is 0 Å². The van der Waals surface area contributed by atoms with Gasteiger partial charge in [0.15, 0.2) is 0 Å². The molecule has 0 radical (unpaired) electrons. The zero-order chi connectivity index (χ0) is 14.7. The highest BCUT2D eigenvalue weighted by atomic mass is 79.9. The largest absolute Gasteiger partial charge is 0.426 e. The molecule has 0 amide bonds. The number of fused-ring (bicyclic) bond motifs is 1. The van der Waals surface area contributed by atoms with Gasteiger partial charge < -0.3 is 9.15 Å². The van der Waals surface area contributed by atoms with Gasteiger partial charge in [0, 0.05) is 34.1 Å². The standard InChI is InChI=1S/C14H12Br2O4/c1-8(17)19-12-4-2-9-3-5-13(18)20-14(9)11(12)6-10(16)7-15/h2-5,10H,6-7H2,1H3. The number of carbonyl (C=O) groups excluding carboxylic acids is 1. The maximum absolute atomic E-state index is 11.4. The van der Waals surface area contributed by atoms with E-state index in [0.717, 1.165) is 10.7 Å². The van der Waals surface area contributed by atoms with Crippen LogP contribution in [-0.4, -0.2) is 16.1 Å². The van der Waals surface area contributed by atoms with Crippen LogP contribution >= 0.6 is 31.9 Å². The predicted molar refractivity (Wildman–Crippen MR) is 84.0 cm³/mol. The zero-order valence-corrected chi connectivity index (χ0v) is 13.9. The van der Waals surface area contributed by atoms with Gasteiger partial charge in [0.05, 0.1) is 0 Å². The fourth-order valence-corrected chi connectivity index (χ4v) is 2.44. The minimum absolute atomic E-state index is 0.132. The molecule has 0 fully saturated rings. The molecule has 1 heterocycles. The van der Waals surface area contributed by atoms with Gasteiger partial charge in [-0.25, -0.2) is 4.79 Å². The lowest BCUT2D eigenvalue weighted by molar-refractivity contribution is -0.131. The predicted octanol–water partition coefficient (Wildman–Crippen LogP) is 3.42. The van der Waals surface area contributed by atoms with Crippen LogP contribution in [0.3, 0.4) is 0 Å². The molecule has 1 unspecified atom stereocenters. The number of hydrogen-bond acceptors (Lipinski definition) is 4. The van der Waals surface area contributed by atoms with Crippen molar-refractivity contribution in [2.75, 3.05) is 5.33 Å². The van der Waals surface area contributed by atoms with E-state index in [2.05, 4.69) is 31.9 Å². The molecule has 0 saturated carbocycles. The van der Waals surface area contributed by atoms with Gasteiger partial charge in [-0.1, -0.05) is 31.9 Å². The first-order valence-electron chi connectivity index (χ1n) is 5.95. The summed E-state index contributed by atoms with van der Waals surface area (Å²) in [5.41, 5.74) is 0.738. The minimum atomic E-state index is -0.427. The highest BCUT2D eigenvalue weighted by Crippen LogP contribution is 2.30. The number of alkyl halides is 2. The van der Waals surface area contributed by atoms with Crippen molar-refractivity contribution in [1.82, 2.24) is 0 Å². The van der Waals surface area contributed by atoms with Gasteiger partial charge >= 0.3 is 11.6 Å². The van der Waals surface area contributed by atoms with E-state index in [1.807, 2.05) is 0 Å². The van der Waals surface area contributed by atoms with Crippen LogP contribution in [0.25, 0.3) is 11.0 Å². The molecule has 1 atom stereocenters. The summed E-state index contributed by atoms with van der Waals surface area (Å²) in [5.74, 6) is 0.0126. The number of rotatable bonds is 4. The second-order valence-electron chi connectivity index (χ2n) is 4.26. The highest BCUT2D eigenvalue weighted by Gasteiger charge is 2.16. The number of ether oxygens (including phenoxy) is 1. The van der Waals surface area contributed by atoms with Crippen LogP contribution in [0.4, 0.5) is 0 Å². The SMILES string of the molecule is CC(=O)Oc1ccc2ccc(=O)oc2c1CC(Br)CBr. The van der Waals surface area contributed by atoms with Crippen molar-refractivity contribution in [3.63, 3.8) is 0 Å². The van der Waals surface area contributed by atoms with E-state index in [4.69, 9.17) is 9.15 Å². The van der Waals surface area contributed by atoms with Crippen LogP contribution < -0.4 is 10.4 Å². The van der Waals surface area contributed by atoms with Crippen molar-refractivity contribution in [2.45, 2.75) is 18.2 Å².